The third kappa shape index (κ3) is 2.06. The van der Waals surface area contributed by atoms with Crippen molar-refractivity contribution in [3.8, 4) is 0 Å². The minimum absolute atomic E-state index is 0.885. The molecule has 3 heteroatoms. The molecule has 1 aliphatic rings. The van der Waals surface area contributed by atoms with Gasteiger partial charge in [0.2, 0.25) is 0 Å². The van der Waals surface area contributed by atoms with Gasteiger partial charge in [0, 0.05) is 0 Å². The van der Waals surface area contributed by atoms with Crippen LogP contribution >= 0.6 is 34.7 Å². The maximum atomic E-state index is 5.83. The Morgan fingerprint density at radius 2 is 2.33 bits per heavy atom. The molecule has 0 spiro atoms. The summed E-state index contributed by atoms with van der Waals surface area (Å²) in [5.41, 5.74) is 0. The molecule has 0 saturated carbocycles. The van der Waals surface area contributed by atoms with Crippen LogP contribution in [0.2, 0.25) is 4.34 Å². The summed E-state index contributed by atoms with van der Waals surface area (Å²) in [6.45, 7) is 0. The van der Waals surface area contributed by atoms with Gasteiger partial charge in [0.05, 0.1) is 8.55 Å². The standard InChI is InChI=1S/C9H9ClS2/c10-8-5-6-9(12-8)11-7-3-1-2-4-7/h3,5-6H,1-2,4H2. The normalized spacial score (nSPS) is 16.6. The van der Waals surface area contributed by atoms with Crippen LogP contribution in [0.15, 0.2) is 27.3 Å². The van der Waals surface area contributed by atoms with E-state index in [0.29, 0.717) is 0 Å². The van der Waals surface area contributed by atoms with Crippen LogP contribution in [-0.4, -0.2) is 0 Å². The molecular formula is C9H9ClS2. The Kier molecular flexibility index (Phi) is 2.79. The van der Waals surface area contributed by atoms with Gasteiger partial charge < -0.3 is 0 Å². The molecule has 12 heavy (non-hydrogen) atoms. The highest BCUT2D eigenvalue weighted by Crippen LogP contribution is 2.38. The summed E-state index contributed by atoms with van der Waals surface area (Å²) in [6, 6.07) is 4.06. The zero-order valence-corrected chi connectivity index (χ0v) is 8.94. The van der Waals surface area contributed by atoms with Crippen LogP contribution in [0, 0.1) is 0 Å². The Morgan fingerprint density at radius 3 is 2.92 bits per heavy atom. The molecule has 0 aliphatic heterocycles. The zero-order valence-electron chi connectivity index (χ0n) is 6.55. The van der Waals surface area contributed by atoms with Crippen LogP contribution in [0.3, 0.4) is 0 Å². The van der Waals surface area contributed by atoms with E-state index in [-0.39, 0.29) is 0 Å². The topological polar surface area (TPSA) is 0 Å². The van der Waals surface area contributed by atoms with Crippen molar-refractivity contribution < 1.29 is 0 Å². The molecule has 1 aromatic heterocycles. The second kappa shape index (κ2) is 3.86. The highest BCUT2D eigenvalue weighted by atomic mass is 35.5. The van der Waals surface area contributed by atoms with Gasteiger partial charge in [-0.05, 0) is 36.3 Å². The number of halogens is 1. The van der Waals surface area contributed by atoms with Gasteiger partial charge in [-0.2, -0.15) is 0 Å². The van der Waals surface area contributed by atoms with Gasteiger partial charge in [-0.1, -0.05) is 29.4 Å². The first-order valence-corrected chi connectivity index (χ1v) is 5.98. The summed E-state index contributed by atoms with van der Waals surface area (Å²) in [6.07, 6.45) is 6.15. The number of thiophene rings is 1. The smallest absolute Gasteiger partial charge is 0.0940 e. The summed E-state index contributed by atoms with van der Waals surface area (Å²) in [4.78, 5) is 1.51. The van der Waals surface area contributed by atoms with Gasteiger partial charge in [0.15, 0.2) is 0 Å². The fourth-order valence-electron chi connectivity index (χ4n) is 1.22. The first-order valence-electron chi connectivity index (χ1n) is 3.97. The summed E-state index contributed by atoms with van der Waals surface area (Å²) in [7, 11) is 0. The van der Waals surface area contributed by atoms with E-state index in [1.807, 2.05) is 17.8 Å². The van der Waals surface area contributed by atoms with E-state index in [9.17, 15) is 0 Å². The van der Waals surface area contributed by atoms with Crippen molar-refractivity contribution in [1.29, 1.82) is 0 Å². The summed E-state index contributed by atoms with van der Waals surface area (Å²) < 4.78 is 2.20. The third-order valence-corrected chi connectivity index (χ3v) is 4.28. The van der Waals surface area contributed by atoms with E-state index in [0.717, 1.165) is 4.34 Å². The second-order valence-electron chi connectivity index (χ2n) is 2.72. The number of hydrogen-bond acceptors (Lipinski definition) is 2. The second-order valence-corrected chi connectivity index (χ2v) is 5.87. The predicted octanol–water partition coefficient (Wildman–Crippen LogP) is 4.56. The lowest BCUT2D eigenvalue weighted by Gasteiger charge is -1.96. The number of allylic oxidation sites excluding steroid dienone is 2. The number of thioether (sulfide) groups is 1. The molecule has 0 aromatic carbocycles. The molecule has 1 aliphatic carbocycles. The fourth-order valence-corrected chi connectivity index (χ4v) is 3.73. The van der Waals surface area contributed by atoms with Crippen LogP contribution < -0.4 is 0 Å². The van der Waals surface area contributed by atoms with Gasteiger partial charge in [-0.15, -0.1) is 11.3 Å². The average molecular weight is 217 g/mol. The SMILES string of the molecule is Clc1ccc(SC2=CCCC2)s1. The Hall–Kier alpha value is 0.0800. The van der Waals surface area contributed by atoms with Crippen LogP contribution in [-0.2, 0) is 0 Å². The Balaban J connectivity index is 2.03. The molecule has 64 valence electrons. The predicted molar refractivity (Wildman–Crippen MR) is 57.1 cm³/mol. The molecule has 2 rings (SSSR count). The summed E-state index contributed by atoms with van der Waals surface area (Å²) in [5.74, 6) is 0. The molecule has 0 saturated heterocycles. The fraction of sp³-hybridized carbons (Fsp3) is 0.333. The van der Waals surface area contributed by atoms with Crippen LogP contribution in [0.4, 0.5) is 0 Å². The molecule has 0 radical (unpaired) electrons. The molecule has 0 unspecified atom stereocenters. The minimum atomic E-state index is 0.885. The van der Waals surface area contributed by atoms with Crippen molar-refractivity contribution >= 4 is 34.7 Å². The lowest BCUT2D eigenvalue weighted by molar-refractivity contribution is 0.925. The van der Waals surface area contributed by atoms with Gasteiger partial charge >= 0.3 is 0 Å². The number of hydrogen-bond donors (Lipinski definition) is 0. The quantitative estimate of drug-likeness (QED) is 0.699. The molecule has 1 aromatic rings. The van der Waals surface area contributed by atoms with E-state index >= 15 is 0 Å². The minimum Gasteiger partial charge on any atom is -0.117 e. The molecule has 0 fully saturated rings. The Labute approximate surface area is 85.6 Å². The molecule has 0 N–H and O–H groups in total. The Morgan fingerprint density at radius 1 is 1.42 bits per heavy atom. The lowest BCUT2D eigenvalue weighted by Crippen LogP contribution is -1.66. The lowest BCUT2D eigenvalue weighted by atomic mass is 10.4. The third-order valence-electron chi connectivity index (χ3n) is 1.78. The highest BCUT2D eigenvalue weighted by molar-refractivity contribution is 8.04. The molecule has 0 bridgehead atoms. The van der Waals surface area contributed by atoms with E-state index in [1.165, 1.54) is 28.4 Å². The van der Waals surface area contributed by atoms with Crippen molar-refractivity contribution in [3.63, 3.8) is 0 Å². The monoisotopic (exact) mass is 216 g/mol. The first-order chi connectivity index (χ1) is 5.84. The molecule has 0 atom stereocenters. The molecule has 0 amide bonds. The highest BCUT2D eigenvalue weighted by Gasteiger charge is 2.07. The van der Waals surface area contributed by atoms with Crippen molar-refractivity contribution in [3.05, 3.63) is 27.5 Å². The van der Waals surface area contributed by atoms with E-state index < -0.39 is 0 Å². The van der Waals surface area contributed by atoms with Crippen molar-refractivity contribution in [2.45, 2.75) is 23.5 Å². The van der Waals surface area contributed by atoms with Gasteiger partial charge in [0.25, 0.3) is 0 Å². The summed E-state index contributed by atoms with van der Waals surface area (Å²) in [5, 5.41) is 0. The molecule has 1 heterocycles. The summed E-state index contributed by atoms with van der Waals surface area (Å²) >= 11 is 9.36. The number of rotatable bonds is 2. The van der Waals surface area contributed by atoms with Gasteiger partial charge in [-0.3, -0.25) is 0 Å². The molecular weight excluding hydrogens is 208 g/mol. The van der Waals surface area contributed by atoms with Crippen molar-refractivity contribution in [1.82, 2.24) is 0 Å². The van der Waals surface area contributed by atoms with E-state index in [1.54, 1.807) is 11.3 Å². The molecule has 0 nitrogen and oxygen atoms in total. The zero-order chi connectivity index (χ0) is 8.39. The largest absolute Gasteiger partial charge is 0.117 e. The van der Waals surface area contributed by atoms with Gasteiger partial charge in [0.1, 0.15) is 0 Å². The van der Waals surface area contributed by atoms with Crippen molar-refractivity contribution in [2.75, 3.05) is 0 Å². The first kappa shape index (κ1) is 8.67. The van der Waals surface area contributed by atoms with Crippen molar-refractivity contribution in [2.24, 2.45) is 0 Å². The van der Waals surface area contributed by atoms with Gasteiger partial charge in [-0.25, -0.2) is 0 Å². The maximum absolute atomic E-state index is 5.83. The van der Waals surface area contributed by atoms with Crippen LogP contribution in [0.5, 0.6) is 0 Å². The van der Waals surface area contributed by atoms with E-state index in [4.69, 9.17) is 11.6 Å². The average Bonchev–Trinajstić information content (AvgIpc) is 2.63. The maximum Gasteiger partial charge on any atom is 0.0940 e. The Bertz CT molecular complexity index is 301. The van der Waals surface area contributed by atoms with E-state index in [2.05, 4.69) is 12.1 Å². The van der Waals surface area contributed by atoms with Crippen LogP contribution in [0.25, 0.3) is 0 Å². The van der Waals surface area contributed by atoms with Crippen LogP contribution in [0.1, 0.15) is 19.3 Å².